The van der Waals surface area contributed by atoms with Gasteiger partial charge in [0.15, 0.2) is 0 Å². The predicted molar refractivity (Wildman–Crippen MR) is 55.7 cm³/mol. The van der Waals surface area contributed by atoms with Gasteiger partial charge in [-0.3, -0.25) is 4.79 Å². The zero-order valence-corrected chi connectivity index (χ0v) is 9.21. The number of hydrogen-bond donors (Lipinski definition) is 0. The molecular formula is C8H7Cl2NOS. The van der Waals surface area contributed by atoms with Gasteiger partial charge >= 0.3 is 0 Å². The Morgan fingerprint density at radius 2 is 2.31 bits per heavy atom. The first-order valence-corrected chi connectivity index (χ1v) is 5.27. The Kier molecular flexibility index (Phi) is 4.03. The molecule has 1 rings (SSSR count). The number of rotatable bonds is 3. The van der Waals surface area contributed by atoms with E-state index >= 15 is 0 Å². The summed E-state index contributed by atoms with van der Waals surface area (Å²) in [5, 5.41) is 1.62. The van der Waals surface area contributed by atoms with Crippen LogP contribution in [-0.2, 0) is 4.79 Å². The van der Waals surface area contributed by atoms with E-state index in [0.717, 1.165) is 0 Å². The molecule has 0 radical (unpaired) electrons. The number of aromatic nitrogens is 1. The molecule has 0 fully saturated rings. The van der Waals surface area contributed by atoms with Gasteiger partial charge in [0, 0.05) is 6.20 Å². The van der Waals surface area contributed by atoms with Crippen molar-refractivity contribution in [2.75, 3.05) is 5.75 Å². The lowest BCUT2D eigenvalue weighted by molar-refractivity contribution is -0.114. The molecule has 0 aliphatic rings. The molecule has 0 saturated carbocycles. The first kappa shape index (κ1) is 10.8. The minimum absolute atomic E-state index is 0.0952. The van der Waals surface area contributed by atoms with Crippen LogP contribution in [0.15, 0.2) is 17.3 Å². The van der Waals surface area contributed by atoms with Gasteiger partial charge in [-0.2, -0.15) is 0 Å². The third-order valence-corrected chi connectivity index (χ3v) is 2.94. The molecule has 1 aromatic heterocycles. The van der Waals surface area contributed by atoms with Gasteiger partial charge < -0.3 is 0 Å². The smallest absolute Gasteiger partial charge is 0.140 e. The van der Waals surface area contributed by atoms with Gasteiger partial charge in [0.1, 0.15) is 10.8 Å². The molecule has 2 nitrogen and oxygen atoms in total. The quantitative estimate of drug-likeness (QED) is 0.755. The lowest BCUT2D eigenvalue weighted by Gasteiger charge is -2.00. The largest absolute Gasteiger partial charge is 0.299 e. The average Bonchev–Trinajstić information content (AvgIpc) is 2.02. The number of thioether (sulfide) groups is 1. The molecule has 1 aromatic rings. The number of hydrogen-bond acceptors (Lipinski definition) is 3. The molecule has 0 bridgehead atoms. The molecule has 70 valence electrons. The monoisotopic (exact) mass is 235 g/mol. The van der Waals surface area contributed by atoms with Gasteiger partial charge in [-0.05, 0) is 13.0 Å². The maximum absolute atomic E-state index is 10.7. The van der Waals surface area contributed by atoms with Gasteiger partial charge in [0.25, 0.3) is 0 Å². The van der Waals surface area contributed by atoms with Crippen molar-refractivity contribution in [3.63, 3.8) is 0 Å². The summed E-state index contributed by atoms with van der Waals surface area (Å²) in [6, 6.07) is 1.61. The van der Waals surface area contributed by atoms with Crippen molar-refractivity contribution >= 4 is 40.7 Å². The Bertz CT molecular complexity index is 330. The van der Waals surface area contributed by atoms with Crippen LogP contribution < -0.4 is 0 Å². The van der Waals surface area contributed by atoms with Crippen molar-refractivity contribution in [2.45, 2.75) is 11.9 Å². The number of Topliss-reactive ketones (excluding diaryl/α,β-unsaturated/α-hetero) is 1. The maximum atomic E-state index is 10.7. The van der Waals surface area contributed by atoms with Crippen LogP contribution in [0, 0.1) is 0 Å². The normalized spacial score (nSPS) is 10.1. The molecule has 5 heteroatoms. The fourth-order valence-corrected chi connectivity index (χ4v) is 1.89. The van der Waals surface area contributed by atoms with Crippen LogP contribution in [0.2, 0.25) is 10.0 Å². The van der Waals surface area contributed by atoms with E-state index < -0.39 is 0 Å². The molecule has 0 aliphatic carbocycles. The third-order valence-electron chi connectivity index (χ3n) is 1.19. The first-order chi connectivity index (χ1) is 6.09. The summed E-state index contributed by atoms with van der Waals surface area (Å²) >= 11 is 12.8. The summed E-state index contributed by atoms with van der Waals surface area (Å²) in [5.41, 5.74) is 0. The van der Waals surface area contributed by atoms with E-state index in [0.29, 0.717) is 20.8 Å². The van der Waals surface area contributed by atoms with Crippen LogP contribution in [0.25, 0.3) is 0 Å². The molecule has 1 heterocycles. The van der Waals surface area contributed by atoms with Gasteiger partial charge in [-0.25, -0.2) is 4.98 Å². The van der Waals surface area contributed by atoms with Crippen LogP contribution >= 0.6 is 35.0 Å². The summed E-state index contributed by atoms with van der Waals surface area (Å²) in [5.74, 6) is 0.478. The number of ketones is 1. The number of halogens is 2. The molecule has 0 saturated heterocycles. The summed E-state index contributed by atoms with van der Waals surface area (Å²) in [6.07, 6.45) is 1.51. The second kappa shape index (κ2) is 4.84. The Morgan fingerprint density at radius 3 is 2.85 bits per heavy atom. The highest BCUT2D eigenvalue weighted by Crippen LogP contribution is 2.26. The fraction of sp³-hybridized carbons (Fsp3) is 0.250. The van der Waals surface area contributed by atoms with Crippen LogP contribution in [0.5, 0.6) is 0 Å². The summed E-state index contributed by atoms with van der Waals surface area (Å²) in [7, 11) is 0. The van der Waals surface area contributed by atoms with Gasteiger partial charge in [0.05, 0.1) is 15.8 Å². The van der Waals surface area contributed by atoms with Crippen molar-refractivity contribution in [2.24, 2.45) is 0 Å². The van der Waals surface area contributed by atoms with E-state index in [2.05, 4.69) is 4.98 Å². The van der Waals surface area contributed by atoms with E-state index in [1.165, 1.54) is 24.9 Å². The Balaban J connectivity index is 2.72. The number of carbonyl (C=O) groups is 1. The van der Waals surface area contributed by atoms with E-state index in [-0.39, 0.29) is 5.78 Å². The van der Waals surface area contributed by atoms with Crippen molar-refractivity contribution in [1.82, 2.24) is 4.98 Å². The van der Waals surface area contributed by atoms with Crippen molar-refractivity contribution in [3.8, 4) is 0 Å². The third kappa shape index (κ3) is 3.55. The Morgan fingerprint density at radius 1 is 1.62 bits per heavy atom. The van der Waals surface area contributed by atoms with E-state index in [1.54, 1.807) is 6.07 Å². The van der Waals surface area contributed by atoms with Gasteiger partial charge in [-0.15, -0.1) is 0 Å². The minimum atomic E-state index is 0.0952. The molecular weight excluding hydrogens is 229 g/mol. The number of carbonyl (C=O) groups excluding carboxylic acids is 1. The summed E-state index contributed by atoms with van der Waals surface area (Å²) in [4.78, 5) is 14.7. The molecule has 0 atom stereocenters. The second-order valence-corrected chi connectivity index (χ2v) is 4.24. The zero-order valence-electron chi connectivity index (χ0n) is 6.88. The number of pyridine rings is 1. The molecule has 0 spiro atoms. The highest BCUT2D eigenvalue weighted by atomic mass is 35.5. The second-order valence-electron chi connectivity index (χ2n) is 2.43. The molecule has 0 aromatic carbocycles. The number of nitrogens with zero attached hydrogens (tertiary/aromatic N) is 1. The standard InChI is InChI=1S/C8H7Cl2NOS/c1-5(12)4-13-8-7(10)2-6(9)3-11-8/h2-3H,4H2,1H3. The molecule has 0 N–H and O–H groups in total. The van der Waals surface area contributed by atoms with Gasteiger partial charge in [-0.1, -0.05) is 35.0 Å². The van der Waals surface area contributed by atoms with Crippen LogP contribution in [0.4, 0.5) is 0 Å². The van der Waals surface area contributed by atoms with E-state index in [1.807, 2.05) is 0 Å². The van der Waals surface area contributed by atoms with Crippen molar-refractivity contribution in [1.29, 1.82) is 0 Å². The predicted octanol–water partition coefficient (Wildman–Crippen LogP) is 3.07. The van der Waals surface area contributed by atoms with Crippen molar-refractivity contribution in [3.05, 3.63) is 22.3 Å². The first-order valence-electron chi connectivity index (χ1n) is 3.53. The highest BCUT2D eigenvalue weighted by molar-refractivity contribution is 8.00. The van der Waals surface area contributed by atoms with E-state index in [9.17, 15) is 4.79 Å². The Labute approximate surface area is 90.6 Å². The molecule has 13 heavy (non-hydrogen) atoms. The van der Waals surface area contributed by atoms with Crippen molar-refractivity contribution < 1.29 is 4.79 Å². The lowest BCUT2D eigenvalue weighted by Crippen LogP contribution is -1.94. The fourth-order valence-electron chi connectivity index (χ4n) is 0.678. The van der Waals surface area contributed by atoms with Crippen LogP contribution in [-0.4, -0.2) is 16.5 Å². The highest BCUT2D eigenvalue weighted by Gasteiger charge is 2.04. The SMILES string of the molecule is CC(=O)CSc1ncc(Cl)cc1Cl. The zero-order chi connectivity index (χ0) is 9.84. The Hall–Kier alpha value is -0.250. The topological polar surface area (TPSA) is 30.0 Å². The van der Waals surface area contributed by atoms with Gasteiger partial charge in [0.2, 0.25) is 0 Å². The molecule has 0 aliphatic heterocycles. The van der Waals surface area contributed by atoms with Crippen LogP contribution in [0.3, 0.4) is 0 Å². The average molecular weight is 236 g/mol. The minimum Gasteiger partial charge on any atom is -0.299 e. The lowest BCUT2D eigenvalue weighted by atomic mass is 10.5. The molecule has 0 amide bonds. The van der Waals surface area contributed by atoms with Crippen LogP contribution in [0.1, 0.15) is 6.92 Å². The summed E-state index contributed by atoms with van der Waals surface area (Å²) < 4.78 is 0. The summed E-state index contributed by atoms with van der Waals surface area (Å²) in [6.45, 7) is 1.52. The van der Waals surface area contributed by atoms with E-state index in [4.69, 9.17) is 23.2 Å². The maximum Gasteiger partial charge on any atom is 0.140 e. The molecule has 0 unspecified atom stereocenters.